The van der Waals surface area contributed by atoms with Crippen molar-refractivity contribution in [1.82, 2.24) is 9.47 Å². The van der Waals surface area contributed by atoms with Crippen LogP contribution in [-0.2, 0) is 9.53 Å². The van der Waals surface area contributed by atoms with Crippen molar-refractivity contribution < 1.29 is 23.1 Å². The van der Waals surface area contributed by atoms with Crippen LogP contribution in [0.15, 0.2) is 47.2 Å². The fourth-order valence-corrected chi connectivity index (χ4v) is 6.29. The number of nitrogens with zero attached hydrogens (tertiary/aromatic N) is 2. The third kappa shape index (κ3) is 5.57. The Morgan fingerprint density at radius 1 is 1.22 bits per heavy atom. The van der Waals surface area contributed by atoms with E-state index >= 15 is 0 Å². The first-order chi connectivity index (χ1) is 17.6. The van der Waals surface area contributed by atoms with Crippen molar-refractivity contribution in [2.45, 2.75) is 78.3 Å². The predicted octanol–water partition coefficient (Wildman–Crippen LogP) is 6.66. The van der Waals surface area contributed by atoms with E-state index in [-0.39, 0.29) is 36.6 Å². The Morgan fingerprint density at radius 3 is 2.62 bits per heavy atom. The maximum absolute atomic E-state index is 13.6. The van der Waals surface area contributed by atoms with Gasteiger partial charge in [-0.05, 0) is 71.6 Å². The monoisotopic (exact) mass is 512 g/mol. The number of piperidine rings is 1. The van der Waals surface area contributed by atoms with Crippen molar-refractivity contribution in [3.63, 3.8) is 0 Å². The molecule has 0 spiro atoms. The summed E-state index contributed by atoms with van der Waals surface area (Å²) >= 11 is 0. The quantitative estimate of drug-likeness (QED) is 0.353. The number of carbonyl (C=O) groups is 2. The number of alkyl halides is 2. The summed E-state index contributed by atoms with van der Waals surface area (Å²) in [4.78, 5) is 28.1. The third-order valence-corrected chi connectivity index (χ3v) is 8.22. The Balaban J connectivity index is 1.59. The Labute approximate surface area is 218 Å². The lowest BCUT2D eigenvalue weighted by molar-refractivity contribution is -0.115. The number of methoxy groups -OCH3 is 1. The molecule has 1 aromatic carbocycles. The van der Waals surface area contributed by atoms with E-state index in [1.54, 1.807) is 7.11 Å². The van der Waals surface area contributed by atoms with E-state index in [1.165, 1.54) is 0 Å². The van der Waals surface area contributed by atoms with Crippen LogP contribution in [0, 0.1) is 12.8 Å². The third-order valence-electron chi connectivity index (χ3n) is 8.22. The van der Waals surface area contributed by atoms with Crippen molar-refractivity contribution in [2.75, 3.05) is 20.2 Å². The van der Waals surface area contributed by atoms with Gasteiger partial charge in [-0.3, -0.25) is 14.5 Å². The van der Waals surface area contributed by atoms with Gasteiger partial charge in [0.25, 0.3) is 6.43 Å². The zero-order valence-electron chi connectivity index (χ0n) is 22.5. The summed E-state index contributed by atoms with van der Waals surface area (Å²) in [5, 5.41) is 0.923. The maximum Gasteiger partial charge on any atom is 0.251 e. The fraction of sp³-hybridized carbons (Fsp3) is 0.533. The smallest absolute Gasteiger partial charge is 0.251 e. The number of rotatable bonds is 9. The number of allylic oxidation sites excluding steroid dienone is 3. The van der Waals surface area contributed by atoms with Crippen LogP contribution in [0.5, 0.6) is 0 Å². The number of para-hydroxylation sites is 1. The molecule has 2 aliphatic rings. The van der Waals surface area contributed by atoms with Crippen molar-refractivity contribution in [3.05, 3.63) is 58.5 Å². The van der Waals surface area contributed by atoms with Crippen LogP contribution in [0.4, 0.5) is 8.78 Å². The largest absolute Gasteiger partial charge is 0.496 e. The molecule has 0 bridgehead atoms. The van der Waals surface area contributed by atoms with E-state index in [2.05, 4.69) is 17.6 Å². The summed E-state index contributed by atoms with van der Waals surface area (Å²) in [6.07, 6.45) is 2.18. The van der Waals surface area contributed by atoms with Gasteiger partial charge in [-0.15, -0.1) is 0 Å². The molecule has 0 saturated carbocycles. The SMILES string of the molecule is COC1=C(CCC(=O)c2c(C)n(C(C)C3CCN(CC(F)F)C(C)C3)c3ccccc23)C(=O)CC(C)=C1. The topological polar surface area (TPSA) is 51.5 Å². The molecule has 0 N–H and O–H groups in total. The summed E-state index contributed by atoms with van der Waals surface area (Å²) in [5.74, 6) is 0.916. The second-order valence-corrected chi connectivity index (χ2v) is 10.7. The molecular weight excluding hydrogens is 474 g/mol. The van der Waals surface area contributed by atoms with E-state index in [0.29, 0.717) is 42.2 Å². The van der Waals surface area contributed by atoms with Gasteiger partial charge >= 0.3 is 0 Å². The van der Waals surface area contributed by atoms with Crippen LogP contribution < -0.4 is 0 Å². The van der Waals surface area contributed by atoms with Gasteiger partial charge in [0.05, 0.1) is 13.7 Å². The average Bonchev–Trinajstić information content (AvgIpc) is 3.15. The molecule has 2 aromatic rings. The van der Waals surface area contributed by atoms with Crippen LogP contribution in [0.25, 0.3) is 10.9 Å². The first-order valence-electron chi connectivity index (χ1n) is 13.2. The molecule has 1 aliphatic carbocycles. The van der Waals surface area contributed by atoms with Crippen LogP contribution in [0.1, 0.15) is 75.0 Å². The Morgan fingerprint density at radius 2 is 1.95 bits per heavy atom. The Kier molecular flexibility index (Phi) is 8.32. The number of aromatic nitrogens is 1. The predicted molar refractivity (Wildman–Crippen MR) is 142 cm³/mol. The lowest BCUT2D eigenvalue weighted by atomic mass is 9.86. The Bertz CT molecular complexity index is 1240. The molecule has 1 saturated heterocycles. The zero-order chi connectivity index (χ0) is 26.9. The number of hydrogen-bond acceptors (Lipinski definition) is 4. The lowest BCUT2D eigenvalue weighted by Crippen LogP contribution is -2.44. The first-order valence-corrected chi connectivity index (χ1v) is 13.2. The normalized spacial score (nSPS) is 22.1. The van der Waals surface area contributed by atoms with Crippen molar-refractivity contribution in [3.8, 4) is 0 Å². The van der Waals surface area contributed by atoms with E-state index in [4.69, 9.17) is 4.74 Å². The van der Waals surface area contributed by atoms with Crippen LogP contribution in [-0.4, -0.2) is 53.7 Å². The number of fused-ring (bicyclic) bond motifs is 1. The summed E-state index contributed by atoms with van der Waals surface area (Å²) in [7, 11) is 1.55. The van der Waals surface area contributed by atoms with Gasteiger partial charge in [0.1, 0.15) is 5.76 Å². The highest BCUT2D eigenvalue weighted by Gasteiger charge is 2.33. The second kappa shape index (κ2) is 11.3. The maximum atomic E-state index is 13.6. The number of benzene rings is 1. The molecule has 37 heavy (non-hydrogen) atoms. The number of likely N-dealkylation sites (tertiary alicyclic amines) is 1. The minimum absolute atomic E-state index is 0.0156. The van der Waals surface area contributed by atoms with Crippen molar-refractivity contribution >= 4 is 22.5 Å². The molecule has 7 heteroatoms. The van der Waals surface area contributed by atoms with Crippen molar-refractivity contribution in [1.29, 1.82) is 0 Å². The summed E-state index contributed by atoms with van der Waals surface area (Å²) in [5.41, 5.74) is 4.19. The highest BCUT2D eigenvalue weighted by atomic mass is 19.3. The number of ketones is 2. The van der Waals surface area contributed by atoms with Crippen LogP contribution >= 0.6 is 0 Å². The highest BCUT2D eigenvalue weighted by molar-refractivity contribution is 6.10. The number of ether oxygens (including phenoxy) is 1. The van der Waals surface area contributed by atoms with Gasteiger partial charge < -0.3 is 9.30 Å². The molecule has 2 heterocycles. The molecule has 4 rings (SSSR count). The first kappa shape index (κ1) is 27.2. The Hall–Kier alpha value is -2.80. The van der Waals surface area contributed by atoms with Crippen LogP contribution in [0.3, 0.4) is 0 Å². The average molecular weight is 513 g/mol. The number of carbonyl (C=O) groups excluding carboxylic acids is 2. The van der Waals surface area contributed by atoms with E-state index in [9.17, 15) is 18.4 Å². The number of hydrogen-bond donors (Lipinski definition) is 0. The highest BCUT2D eigenvalue weighted by Crippen LogP contribution is 2.38. The molecule has 5 nitrogen and oxygen atoms in total. The van der Waals surface area contributed by atoms with Crippen LogP contribution in [0.2, 0.25) is 0 Å². The molecular formula is C30H38F2N2O3. The minimum atomic E-state index is -2.32. The molecule has 3 unspecified atom stereocenters. The summed E-state index contributed by atoms with van der Waals surface area (Å²) in [6, 6.07) is 8.19. The number of halogens is 2. The van der Waals surface area contributed by atoms with Gasteiger partial charge in [-0.1, -0.05) is 23.8 Å². The lowest BCUT2D eigenvalue weighted by Gasteiger charge is -2.40. The van der Waals surface area contributed by atoms with Gasteiger partial charge in [0, 0.05) is 52.7 Å². The van der Waals surface area contributed by atoms with E-state index in [1.807, 2.05) is 49.9 Å². The standard InChI is InChI=1S/C30H38F2N2O3/c1-18-14-27(36)24(28(15-18)37-5)10-11-26(35)30-21(4)34(25-9-7-6-8-23(25)30)20(3)22-12-13-33(17-29(31)32)19(2)16-22/h6-9,15,19-20,22,29H,10-14,16-17H2,1-5H3. The minimum Gasteiger partial charge on any atom is -0.496 e. The van der Waals surface area contributed by atoms with Gasteiger partial charge in [-0.2, -0.15) is 0 Å². The van der Waals surface area contributed by atoms with E-state index < -0.39 is 6.43 Å². The molecule has 200 valence electrons. The van der Waals surface area contributed by atoms with Crippen molar-refractivity contribution in [2.24, 2.45) is 5.92 Å². The van der Waals surface area contributed by atoms with Gasteiger partial charge in [0.2, 0.25) is 0 Å². The molecule has 0 radical (unpaired) electrons. The molecule has 1 fully saturated rings. The molecule has 3 atom stereocenters. The summed E-state index contributed by atoms with van der Waals surface area (Å²) in [6.45, 7) is 8.59. The van der Waals surface area contributed by atoms with E-state index in [0.717, 1.165) is 35.0 Å². The number of Topliss-reactive ketones (excluding diaryl/α,β-unsaturated/α-hetero) is 2. The zero-order valence-corrected chi connectivity index (χ0v) is 22.5. The molecule has 1 aromatic heterocycles. The fourth-order valence-electron chi connectivity index (χ4n) is 6.29. The van der Waals surface area contributed by atoms with Gasteiger partial charge in [0.15, 0.2) is 11.6 Å². The summed E-state index contributed by atoms with van der Waals surface area (Å²) < 4.78 is 33.6. The molecule has 0 amide bonds. The second-order valence-electron chi connectivity index (χ2n) is 10.7. The molecule has 1 aliphatic heterocycles. The van der Waals surface area contributed by atoms with Gasteiger partial charge in [-0.25, -0.2) is 8.78 Å².